The molecule has 3 rings (SSSR count). The van der Waals surface area contributed by atoms with Gasteiger partial charge in [-0.2, -0.15) is 5.10 Å². The van der Waals surface area contributed by atoms with Gasteiger partial charge in [0.15, 0.2) is 17.3 Å². The molecule has 0 radical (unpaired) electrons. The molecule has 0 unspecified atom stereocenters. The summed E-state index contributed by atoms with van der Waals surface area (Å²) in [6, 6.07) is 6.59. The molecule has 0 saturated heterocycles. The van der Waals surface area contributed by atoms with E-state index < -0.39 is 5.97 Å². The van der Waals surface area contributed by atoms with Crippen molar-refractivity contribution in [2.75, 3.05) is 20.8 Å². The fourth-order valence-electron chi connectivity index (χ4n) is 2.70. The highest BCUT2D eigenvalue weighted by Gasteiger charge is 2.24. The molecule has 1 aromatic carbocycles. The SMILES string of the molecule is COCCc1nc(-c2noc(C)c2COC)n(-c2ccccc2C(=O)O)n1. The van der Waals surface area contributed by atoms with Gasteiger partial charge >= 0.3 is 5.97 Å². The summed E-state index contributed by atoms with van der Waals surface area (Å²) in [5, 5.41) is 18.1. The van der Waals surface area contributed by atoms with Crippen LogP contribution in [-0.2, 0) is 22.5 Å². The van der Waals surface area contributed by atoms with Gasteiger partial charge in [-0.05, 0) is 19.1 Å². The van der Waals surface area contributed by atoms with E-state index in [1.165, 1.54) is 10.7 Å². The number of aromatic carboxylic acids is 1. The average Bonchev–Trinajstić information content (AvgIpc) is 3.24. The Labute approximate surface area is 155 Å². The molecule has 0 aliphatic heterocycles. The third kappa shape index (κ3) is 3.74. The Morgan fingerprint density at radius 3 is 2.74 bits per heavy atom. The fraction of sp³-hybridized carbons (Fsp3) is 0.333. The quantitative estimate of drug-likeness (QED) is 0.641. The maximum Gasteiger partial charge on any atom is 0.337 e. The van der Waals surface area contributed by atoms with Gasteiger partial charge in [-0.15, -0.1) is 0 Å². The zero-order valence-electron chi connectivity index (χ0n) is 15.3. The molecule has 0 aliphatic rings. The van der Waals surface area contributed by atoms with Gasteiger partial charge in [0.05, 0.1) is 30.0 Å². The Morgan fingerprint density at radius 2 is 2.04 bits per heavy atom. The summed E-state index contributed by atoms with van der Waals surface area (Å²) in [5.74, 6) is 0.445. The molecule has 9 heteroatoms. The van der Waals surface area contributed by atoms with Gasteiger partial charge in [-0.3, -0.25) is 0 Å². The lowest BCUT2D eigenvalue weighted by atomic mass is 10.1. The Hall–Kier alpha value is -3.04. The largest absolute Gasteiger partial charge is 0.478 e. The van der Waals surface area contributed by atoms with Gasteiger partial charge in [0.2, 0.25) is 0 Å². The van der Waals surface area contributed by atoms with Crippen LogP contribution < -0.4 is 0 Å². The Morgan fingerprint density at radius 1 is 1.26 bits per heavy atom. The lowest BCUT2D eigenvalue weighted by Crippen LogP contribution is -2.09. The number of carboxylic acids is 1. The summed E-state index contributed by atoms with van der Waals surface area (Å²) in [7, 11) is 3.17. The summed E-state index contributed by atoms with van der Waals surface area (Å²) in [4.78, 5) is 16.2. The van der Waals surface area contributed by atoms with Crippen molar-refractivity contribution >= 4 is 5.97 Å². The second-order valence-corrected chi connectivity index (χ2v) is 5.83. The van der Waals surface area contributed by atoms with Crippen LogP contribution >= 0.6 is 0 Å². The van der Waals surface area contributed by atoms with Crippen LogP contribution in [-0.4, -0.2) is 51.8 Å². The van der Waals surface area contributed by atoms with Crippen LogP contribution in [0.3, 0.4) is 0 Å². The van der Waals surface area contributed by atoms with Crippen LogP contribution in [0.25, 0.3) is 17.2 Å². The number of ether oxygens (including phenoxy) is 2. The van der Waals surface area contributed by atoms with Crippen molar-refractivity contribution in [2.45, 2.75) is 20.0 Å². The number of nitrogens with zero attached hydrogens (tertiary/aromatic N) is 4. The predicted octanol–water partition coefficient (Wildman–Crippen LogP) is 2.26. The monoisotopic (exact) mass is 372 g/mol. The first kappa shape index (κ1) is 18.7. The smallest absolute Gasteiger partial charge is 0.337 e. The summed E-state index contributed by atoms with van der Waals surface area (Å²) in [5.41, 5.74) is 1.69. The third-order valence-electron chi connectivity index (χ3n) is 4.03. The van der Waals surface area contributed by atoms with Crippen LogP contribution in [0.2, 0.25) is 0 Å². The molecule has 0 spiro atoms. The zero-order valence-corrected chi connectivity index (χ0v) is 15.3. The molecule has 2 aromatic heterocycles. The molecule has 142 valence electrons. The molecule has 2 heterocycles. The minimum atomic E-state index is -1.06. The van der Waals surface area contributed by atoms with Crippen molar-refractivity contribution in [3.05, 3.63) is 47.0 Å². The number of rotatable bonds is 8. The van der Waals surface area contributed by atoms with Crippen LogP contribution in [0, 0.1) is 6.92 Å². The standard InChI is InChI=1S/C18H20N4O5/c1-11-13(10-26-3)16(21-27-11)17-19-15(8-9-25-2)20-22(17)14-7-5-4-6-12(14)18(23)24/h4-7H,8-10H2,1-3H3,(H,23,24). The normalized spacial score (nSPS) is 11.1. The lowest BCUT2D eigenvalue weighted by molar-refractivity contribution is 0.0696. The minimum Gasteiger partial charge on any atom is -0.478 e. The van der Waals surface area contributed by atoms with Crippen molar-refractivity contribution in [1.29, 1.82) is 0 Å². The summed E-state index contributed by atoms with van der Waals surface area (Å²) < 4.78 is 17.1. The van der Waals surface area contributed by atoms with E-state index >= 15 is 0 Å². The molecule has 27 heavy (non-hydrogen) atoms. The Balaban J connectivity index is 2.20. The second kappa shape index (κ2) is 8.11. The maximum atomic E-state index is 11.7. The molecule has 1 N–H and O–H groups in total. The van der Waals surface area contributed by atoms with Gasteiger partial charge < -0.3 is 19.1 Å². The number of aryl methyl sites for hydroxylation is 1. The number of carbonyl (C=O) groups is 1. The molecule has 0 fully saturated rings. The number of carboxylic acid groups (broad SMARTS) is 1. The molecule has 9 nitrogen and oxygen atoms in total. The van der Waals surface area contributed by atoms with Crippen LogP contribution in [0.1, 0.15) is 27.5 Å². The highest BCUT2D eigenvalue weighted by molar-refractivity contribution is 5.92. The molecule has 0 atom stereocenters. The van der Waals surface area contributed by atoms with Gasteiger partial charge in [0.25, 0.3) is 0 Å². The van der Waals surface area contributed by atoms with Gasteiger partial charge in [-0.25, -0.2) is 14.5 Å². The van der Waals surface area contributed by atoms with E-state index in [0.29, 0.717) is 41.8 Å². The van der Waals surface area contributed by atoms with E-state index in [1.54, 1.807) is 39.3 Å². The van der Waals surface area contributed by atoms with E-state index in [1.807, 2.05) is 0 Å². The molecule has 0 bridgehead atoms. The van der Waals surface area contributed by atoms with Crippen molar-refractivity contribution in [2.24, 2.45) is 0 Å². The van der Waals surface area contributed by atoms with Crippen molar-refractivity contribution < 1.29 is 23.9 Å². The van der Waals surface area contributed by atoms with E-state index in [2.05, 4.69) is 15.2 Å². The highest BCUT2D eigenvalue weighted by Crippen LogP contribution is 2.28. The number of para-hydroxylation sites is 1. The first-order chi connectivity index (χ1) is 13.1. The van der Waals surface area contributed by atoms with E-state index in [-0.39, 0.29) is 12.2 Å². The lowest BCUT2D eigenvalue weighted by Gasteiger charge is -2.08. The predicted molar refractivity (Wildman–Crippen MR) is 94.8 cm³/mol. The van der Waals surface area contributed by atoms with Crippen molar-refractivity contribution in [3.8, 4) is 17.2 Å². The highest BCUT2D eigenvalue weighted by atomic mass is 16.5. The van der Waals surface area contributed by atoms with Crippen LogP contribution in [0.5, 0.6) is 0 Å². The van der Waals surface area contributed by atoms with Gasteiger partial charge in [0.1, 0.15) is 5.76 Å². The van der Waals surface area contributed by atoms with E-state index in [0.717, 1.165) is 5.56 Å². The van der Waals surface area contributed by atoms with Crippen LogP contribution in [0.4, 0.5) is 0 Å². The molecule has 0 amide bonds. The second-order valence-electron chi connectivity index (χ2n) is 5.83. The average molecular weight is 372 g/mol. The van der Waals surface area contributed by atoms with Crippen molar-refractivity contribution in [1.82, 2.24) is 19.9 Å². The minimum absolute atomic E-state index is 0.107. The number of methoxy groups -OCH3 is 2. The van der Waals surface area contributed by atoms with E-state index in [4.69, 9.17) is 14.0 Å². The molecular weight excluding hydrogens is 352 g/mol. The fourth-order valence-corrected chi connectivity index (χ4v) is 2.70. The van der Waals surface area contributed by atoms with Gasteiger partial charge in [0, 0.05) is 20.6 Å². The summed E-state index contributed by atoms with van der Waals surface area (Å²) >= 11 is 0. The molecular formula is C18H20N4O5. The summed E-state index contributed by atoms with van der Waals surface area (Å²) in [6.45, 7) is 2.50. The Bertz CT molecular complexity index is 947. The third-order valence-corrected chi connectivity index (χ3v) is 4.03. The Kier molecular flexibility index (Phi) is 5.63. The number of benzene rings is 1. The first-order valence-electron chi connectivity index (χ1n) is 8.28. The molecule has 0 saturated carbocycles. The van der Waals surface area contributed by atoms with E-state index in [9.17, 15) is 9.90 Å². The topological polar surface area (TPSA) is 113 Å². The van der Waals surface area contributed by atoms with Crippen LogP contribution in [0.15, 0.2) is 28.8 Å². The number of aromatic nitrogens is 4. The van der Waals surface area contributed by atoms with Crippen molar-refractivity contribution in [3.63, 3.8) is 0 Å². The summed E-state index contributed by atoms with van der Waals surface area (Å²) in [6.07, 6.45) is 0.474. The molecule has 3 aromatic rings. The first-order valence-corrected chi connectivity index (χ1v) is 8.28. The number of hydrogen-bond acceptors (Lipinski definition) is 7. The molecule has 0 aliphatic carbocycles. The van der Waals surface area contributed by atoms with Gasteiger partial charge in [-0.1, -0.05) is 17.3 Å². The number of hydrogen-bond donors (Lipinski definition) is 1. The zero-order chi connectivity index (χ0) is 19.4. The maximum absolute atomic E-state index is 11.7.